The van der Waals surface area contributed by atoms with Gasteiger partial charge >= 0.3 is 0 Å². The van der Waals surface area contributed by atoms with Crippen LogP contribution in [0.5, 0.6) is 0 Å². The molecule has 3 fully saturated rings. The Balaban J connectivity index is 1.73. The third kappa shape index (κ3) is 1.80. The molecule has 4 rings (SSSR count). The van der Waals surface area contributed by atoms with Crippen molar-refractivity contribution >= 4 is 0 Å². The van der Waals surface area contributed by atoms with E-state index in [1.807, 2.05) is 5.57 Å². The van der Waals surface area contributed by atoms with Crippen LogP contribution in [0.4, 0.5) is 0 Å². The number of hydrogen-bond donors (Lipinski definition) is 0. The van der Waals surface area contributed by atoms with Gasteiger partial charge in [0.25, 0.3) is 0 Å². The minimum absolute atomic E-state index is 0.522. The normalized spacial score (nSPS) is 48.8. The molecule has 0 radical (unpaired) electrons. The molecule has 0 spiro atoms. The summed E-state index contributed by atoms with van der Waals surface area (Å²) in [4.78, 5) is 0. The van der Waals surface area contributed by atoms with E-state index in [1.54, 1.807) is 5.57 Å². The molecule has 21 heavy (non-hydrogen) atoms. The van der Waals surface area contributed by atoms with Gasteiger partial charge in [-0.1, -0.05) is 56.9 Å². The van der Waals surface area contributed by atoms with Gasteiger partial charge in [-0.15, -0.1) is 0 Å². The highest BCUT2D eigenvalue weighted by molar-refractivity contribution is 5.38. The molecule has 0 aromatic rings. The summed E-state index contributed by atoms with van der Waals surface area (Å²) >= 11 is 0. The molecular formula is C21H32. The maximum absolute atomic E-state index is 2.62. The van der Waals surface area contributed by atoms with Gasteiger partial charge in [0.05, 0.1) is 0 Å². The summed E-state index contributed by atoms with van der Waals surface area (Å²) in [5.41, 5.74) is 4.80. The monoisotopic (exact) mass is 284 g/mol. The summed E-state index contributed by atoms with van der Waals surface area (Å²) in [6, 6.07) is 0. The lowest BCUT2D eigenvalue weighted by Crippen LogP contribution is -2.44. The van der Waals surface area contributed by atoms with Crippen molar-refractivity contribution < 1.29 is 0 Å². The van der Waals surface area contributed by atoms with Crippen molar-refractivity contribution in [3.8, 4) is 0 Å². The van der Waals surface area contributed by atoms with Crippen LogP contribution in [0, 0.1) is 28.6 Å². The Morgan fingerprint density at radius 3 is 2.67 bits per heavy atom. The van der Waals surface area contributed by atoms with Crippen molar-refractivity contribution in [3.05, 3.63) is 23.3 Å². The van der Waals surface area contributed by atoms with Crippen molar-refractivity contribution in [1.82, 2.24) is 0 Å². The van der Waals surface area contributed by atoms with E-state index >= 15 is 0 Å². The predicted molar refractivity (Wildman–Crippen MR) is 90.1 cm³/mol. The lowest BCUT2D eigenvalue weighted by molar-refractivity contribution is 0.0681. The molecule has 0 heteroatoms. The molecule has 0 unspecified atom stereocenters. The minimum Gasteiger partial charge on any atom is -0.0651 e. The first-order valence-electron chi connectivity index (χ1n) is 9.50. The fourth-order valence-corrected chi connectivity index (χ4v) is 6.81. The second-order valence-electron chi connectivity index (χ2n) is 8.82. The van der Waals surface area contributed by atoms with E-state index in [-0.39, 0.29) is 0 Å². The zero-order chi connectivity index (χ0) is 14.7. The lowest BCUT2D eigenvalue weighted by atomic mass is 9.50. The molecule has 4 aliphatic rings. The SMILES string of the molecule is CC[C@H]1CC[C@H]2C3=CC=C4CCCC[C@@]4(C)[C@@H]3CC[C@]12C. The molecule has 3 saturated carbocycles. The molecule has 0 aliphatic heterocycles. The maximum Gasteiger partial charge on any atom is -0.00476 e. The van der Waals surface area contributed by atoms with Crippen molar-refractivity contribution in [3.63, 3.8) is 0 Å². The Kier molecular flexibility index (Phi) is 3.18. The summed E-state index contributed by atoms with van der Waals surface area (Å²) in [5, 5.41) is 0. The van der Waals surface area contributed by atoms with Crippen LogP contribution >= 0.6 is 0 Å². The highest BCUT2D eigenvalue weighted by Crippen LogP contribution is 2.65. The van der Waals surface area contributed by atoms with Crippen LogP contribution in [0.3, 0.4) is 0 Å². The first kappa shape index (κ1) is 14.1. The number of allylic oxidation sites excluding steroid dienone is 4. The summed E-state index contributed by atoms with van der Waals surface area (Å²) < 4.78 is 0. The number of rotatable bonds is 1. The summed E-state index contributed by atoms with van der Waals surface area (Å²) in [6.07, 6.45) is 18.1. The van der Waals surface area contributed by atoms with Crippen LogP contribution in [0.25, 0.3) is 0 Å². The predicted octanol–water partition coefficient (Wildman–Crippen LogP) is 6.29. The van der Waals surface area contributed by atoms with E-state index in [0.29, 0.717) is 10.8 Å². The van der Waals surface area contributed by atoms with Crippen molar-refractivity contribution in [2.45, 2.75) is 78.6 Å². The van der Waals surface area contributed by atoms with Gasteiger partial charge in [-0.05, 0) is 73.5 Å². The van der Waals surface area contributed by atoms with Crippen LogP contribution in [0.2, 0.25) is 0 Å². The van der Waals surface area contributed by atoms with E-state index in [9.17, 15) is 0 Å². The van der Waals surface area contributed by atoms with Crippen molar-refractivity contribution in [1.29, 1.82) is 0 Å². The van der Waals surface area contributed by atoms with Gasteiger partial charge in [-0.2, -0.15) is 0 Å². The van der Waals surface area contributed by atoms with E-state index < -0.39 is 0 Å². The Hall–Kier alpha value is -0.520. The third-order valence-corrected chi connectivity index (χ3v) is 8.17. The molecule has 0 amide bonds. The first-order valence-corrected chi connectivity index (χ1v) is 9.50. The first-order chi connectivity index (χ1) is 10.1. The summed E-state index contributed by atoms with van der Waals surface area (Å²) in [7, 11) is 0. The molecule has 0 bridgehead atoms. The zero-order valence-electron chi connectivity index (χ0n) is 14.3. The molecule has 0 nitrogen and oxygen atoms in total. The van der Waals surface area contributed by atoms with E-state index in [1.165, 1.54) is 57.8 Å². The Labute approximate surface area is 131 Å². The Morgan fingerprint density at radius 2 is 1.86 bits per heavy atom. The number of fused-ring (bicyclic) bond motifs is 5. The van der Waals surface area contributed by atoms with Crippen LogP contribution in [-0.4, -0.2) is 0 Å². The van der Waals surface area contributed by atoms with Crippen LogP contribution in [0.15, 0.2) is 23.3 Å². The largest absolute Gasteiger partial charge is 0.0651 e. The molecule has 116 valence electrons. The standard InChI is InChI=1S/C21H32/c1-4-15-9-11-18-17-10-8-16-7-5-6-13-20(16,2)19(17)12-14-21(15,18)3/h8,10,15,18-19H,4-7,9,11-14H2,1-3H3/t15-,18-,19+,20+,21+/m0/s1. The van der Waals surface area contributed by atoms with Gasteiger partial charge in [0.2, 0.25) is 0 Å². The van der Waals surface area contributed by atoms with Gasteiger partial charge in [0, 0.05) is 0 Å². The minimum atomic E-state index is 0.522. The second-order valence-corrected chi connectivity index (χ2v) is 8.82. The van der Waals surface area contributed by atoms with E-state index in [2.05, 4.69) is 32.9 Å². The van der Waals surface area contributed by atoms with Crippen LogP contribution in [-0.2, 0) is 0 Å². The summed E-state index contributed by atoms with van der Waals surface area (Å²) in [5.74, 6) is 2.76. The molecule has 0 saturated heterocycles. The van der Waals surface area contributed by atoms with Crippen molar-refractivity contribution in [2.75, 3.05) is 0 Å². The highest BCUT2D eigenvalue weighted by atomic mass is 14.6. The summed E-state index contributed by atoms with van der Waals surface area (Å²) in [6.45, 7) is 7.64. The van der Waals surface area contributed by atoms with Crippen LogP contribution in [0.1, 0.15) is 78.6 Å². The zero-order valence-corrected chi connectivity index (χ0v) is 14.3. The average molecular weight is 284 g/mol. The van der Waals surface area contributed by atoms with Gasteiger partial charge < -0.3 is 0 Å². The molecule has 0 aromatic carbocycles. The second kappa shape index (κ2) is 4.74. The molecule has 0 heterocycles. The number of hydrogen-bond acceptors (Lipinski definition) is 0. The fraction of sp³-hybridized carbons (Fsp3) is 0.810. The molecular weight excluding hydrogens is 252 g/mol. The van der Waals surface area contributed by atoms with Crippen molar-refractivity contribution in [2.24, 2.45) is 28.6 Å². The van der Waals surface area contributed by atoms with Gasteiger partial charge in [-0.3, -0.25) is 0 Å². The Morgan fingerprint density at radius 1 is 1.00 bits per heavy atom. The molecule has 0 N–H and O–H groups in total. The van der Waals surface area contributed by atoms with Gasteiger partial charge in [-0.25, -0.2) is 0 Å². The molecule has 5 atom stereocenters. The quantitative estimate of drug-likeness (QED) is 0.531. The van der Waals surface area contributed by atoms with Gasteiger partial charge in [0.15, 0.2) is 0 Å². The molecule has 4 aliphatic carbocycles. The smallest absolute Gasteiger partial charge is 0.00476 e. The molecule has 0 aromatic heterocycles. The van der Waals surface area contributed by atoms with Gasteiger partial charge in [0.1, 0.15) is 0 Å². The fourth-order valence-electron chi connectivity index (χ4n) is 6.81. The third-order valence-electron chi connectivity index (χ3n) is 8.17. The van der Waals surface area contributed by atoms with E-state index in [0.717, 1.165) is 17.8 Å². The topological polar surface area (TPSA) is 0 Å². The Bertz CT molecular complexity index is 496. The van der Waals surface area contributed by atoms with E-state index in [4.69, 9.17) is 0 Å². The van der Waals surface area contributed by atoms with Crippen LogP contribution < -0.4 is 0 Å². The maximum atomic E-state index is 2.62. The highest BCUT2D eigenvalue weighted by Gasteiger charge is 2.55. The lowest BCUT2D eigenvalue weighted by Gasteiger charge is -2.54. The average Bonchev–Trinajstić information content (AvgIpc) is 2.83.